The second-order valence-corrected chi connectivity index (χ2v) is 4.88. The van der Waals surface area contributed by atoms with Crippen molar-refractivity contribution in [3.8, 4) is 5.88 Å². The molecule has 0 saturated carbocycles. The van der Waals surface area contributed by atoms with Crippen LogP contribution in [0.3, 0.4) is 0 Å². The number of ether oxygens (including phenoxy) is 1. The Balaban J connectivity index is 2.15. The Bertz CT molecular complexity index is 818. The molecule has 8 heteroatoms. The van der Waals surface area contributed by atoms with E-state index < -0.39 is 0 Å². The minimum atomic E-state index is 0.381. The molecule has 3 aromatic rings. The minimum Gasteiger partial charge on any atom is -0.479 e. The highest BCUT2D eigenvalue weighted by molar-refractivity contribution is 5.79. The fourth-order valence-corrected chi connectivity index (χ4v) is 2.44. The number of methoxy groups -OCH3 is 1. The van der Waals surface area contributed by atoms with E-state index in [1.807, 2.05) is 30.1 Å². The molecule has 0 spiro atoms. The SMILES string of the molecule is COc1ncnc2c1nc(N)n2Cc1c(C)nn(C)c1C. The third-order valence-electron chi connectivity index (χ3n) is 3.70. The van der Waals surface area contributed by atoms with Crippen LogP contribution in [-0.4, -0.2) is 36.4 Å². The maximum absolute atomic E-state index is 6.03. The molecule has 0 aromatic carbocycles. The normalized spacial score (nSPS) is 11.2. The summed E-state index contributed by atoms with van der Waals surface area (Å²) >= 11 is 0. The van der Waals surface area contributed by atoms with Crippen LogP contribution in [0.2, 0.25) is 0 Å². The highest BCUT2D eigenvalue weighted by Gasteiger charge is 2.17. The van der Waals surface area contributed by atoms with Gasteiger partial charge in [-0.2, -0.15) is 10.1 Å². The van der Waals surface area contributed by atoms with E-state index in [9.17, 15) is 0 Å². The lowest BCUT2D eigenvalue weighted by Crippen LogP contribution is -2.07. The van der Waals surface area contributed by atoms with Crippen molar-refractivity contribution < 1.29 is 4.74 Å². The lowest BCUT2D eigenvalue weighted by molar-refractivity contribution is 0.401. The van der Waals surface area contributed by atoms with Crippen LogP contribution in [0.5, 0.6) is 5.88 Å². The van der Waals surface area contributed by atoms with Crippen molar-refractivity contribution in [2.24, 2.45) is 7.05 Å². The summed E-state index contributed by atoms with van der Waals surface area (Å²) in [5, 5.41) is 4.42. The fourth-order valence-electron chi connectivity index (χ4n) is 2.44. The van der Waals surface area contributed by atoms with Crippen molar-refractivity contribution in [2.45, 2.75) is 20.4 Å². The Morgan fingerprint density at radius 1 is 1.29 bits per heavy atom. The molecule has 21 heavy (non-hydrogen) atoms. The molecule has 0 aliphatic heterocycles. The molecule has 0 saturated heterocycles. The van der Waals surface area contributed by atoms with Crippen molar-refractivity contribution >= 4 is 17.1 Å². The number of rotatable bonds is 3. The van der Waals surface area contributed by atoms with Crippen molar-refractivity contribution in [2.75, 3.05) is 12.8 Å². The average molecular weight is 287 g/mol. The van der Waals surface area contributed by atoms with Gasteiger partial charge < -0.3 is 10.5 Å². The van der Waals surface area contributed by atoms with Gasteiger partial charge in [-0.25, -0.2) is 9.97 Å². The molecule has 3 heterocycles. The first kappa shape index (κ1) is 13.3. The summed E-state index contributed by atoms with van der Waals surface area (Å²) in [5.74, 6) is 0.802. The number of anilines is 1. The molecule has 0 radical (unpaired) electrons. The van der Waals surface area contributed by atoms with Gasteiger partial charge in [0.25, 0.3) is 0 Å². The summed E-state index contributed by atoms with van der Waals surface area (Å²) in [6.45, 7) is 4.57. The molecule has 0 atom stereocenters. The Morgan fingerprint density at radius 2 is 2.05 bits per heavy atom. The number of nitrogen functional groups attached to an aromatic ring is 1. The molecule has 0 aliphatic carbocycles. The number of fused-ring (bicyclic) bond motifs is 1. The van der Waals surface area contributed by atoms with Crippen molar-refractivity contribution in [3.63, 3.8) is 0 Å². The molecule has 8 nitrogen and oxygen atoms in total. The van der Waals surface area contributed by atoms with Crippen LogP contribution >= 0.6 is 0 Å². The Kier molecular flexibility index (Phi) is 3.00. The monoisotopic (exact) mass is 287 g/mol. The van der Waals surface area contributed by atoms with E-state index in [1.165, 1.54) is 6.33 Å². The summed E-state index contributed by atoms with van der Waals surface area (Å²) in [4.78, 5) is 12.6. The van der Waals surface area contributed by atoms with Crippen LogP contribution in [0.15, 0.2) is 6.33 Å². The van der Waals surface area contributed by atoms with Gasteiger partial charge in [0, 0.05) is 18.3 Å². The second-order valence-electron chi connectivity index (χ2n) is 4.88. The smallest absolute Gasteiger partial charge is 0.245 e. The molecular weight excluding hydrogens is 270 g/mol. The van der Waals surface area contributed by atoms with Gasteiger partial charge in [-0.05, 0) is 13.8 Å². The zero-order chi connectivity index (χ0) is 15.1. The van der Waals surface area contributed by atoms with Gasteiger partial charge in [-0.1, -0.05) is 0 Å². The third-order valence-corrected chi connectivity index (χ3v) is 3.70. The number of imidazole rings is 1. The van der Waals surface area contributed by atoms with E-state index in [0.717, 1.165) is 17.0 Å². The molecule has 0 amide bonds. The van der Waals surface area contributed by atoms with Crippen LogP contribution in [-0.2, 0) is 13.6 Å². The molecular formula is C13H17N7O. The third kappa shape index (κ3) is 1.99. The molecule has 0 unspecified atom stereocenters. The Morgan fingerprint density at radius 3 is 2.67 bits per heavy atom. The van der Waals surface area contributed by atoms with E-state index in [-0.39, 0.29) is 0 Å². The van der Waals surface area contributed by atoms with E-state index in [4.69, 9.17) is 10.5 Å². The molecule has 3 aromatic heterocycles. The first-order valence-electron chi connectivity index (χ1n) is 6.52. The number of aromatic nitrogens is 6. The number of aryl methyl sites for hydroxylation is 2. The zero-order valence-corrected chi connectivity index (χ0v) is 12.5. The van der Waals surface area contributed by atoms with Crippen LogP contribution in [0.25, 0.3) is 11.2 Å². The highest BCUT2D eigenvalue weighted by atomic mass is 16.5. The maximum Gasteiger partial charge on any atom is 0.245 e. The topological polar surface area (TPSA) is 96.7 Å². The molecule has 110 valence electrons. The predicted molar refractivity (Wildman–Crippen MR) is 78.1 cm³/mol. The quantitative estimate of drug-likeness (QED) is 0.766. The summed E-state index contributed by atoms with van der Waals surface area (Å²) in [6, 6.07) is 0. The standard InChI is InChI=1S/C13H17N7O/c1-7-9(8(2)19(3)18-7)5-20-11-10(17-13(20)14)12(21-4)16-6-15-11/h6H,5H2,1-4H3,(H2,14,17). The van der Waals surface area contributed by atoms with Gasteiger partial charge in [0.05, 0.1) is 19.3 Å². The minimum absolute atomic E-state index is 0.381. The van der Waals surface area contributed by atoms with Crippen LogP contribution in [0.1, 0.15) is 17.0 Å². The largest absolute Gasteiger partial charge is 0.479 e. The van der Waals surface area contributed by atoms with E-state index in [0.29, 0.717) is 29.5 Å². The van der Waals surface area contributed by atoms with Gasteiger partial charge in [0.1, 0.15) is 6.33 Å². The number of hydrogen-bond acceptors (Lipinski definition) is 6. The number of nitrogens with zero attached hydrogens (tertiary/aromatic N) is 6. The number of nitrogens with two attached hydrogens (primary N) is 1. The maximum atomic E-state index is 6.03. The highest BCUT2D eigenvalue weighted by Crippen LogP contribution is 2.24. The molecule has 0 fully saturated rings. The van der Waals surface area contributed by atoms with Crippen LogP contribution < -0.4 is 10.5 Å². The van der Waals surface area contributed by atoms with Gasteiger partial charge >= 0.3 is 0 Å². The number of hydrogen-bond donors (Lipinski definition) is 1. The fraction of sp³-hybridized carbons (Fsp3) is 0.385. The lowest BCUT2D eigenvalue weighted by Gasteiger charge is -2.06. The molecule has 0 aliphatic rings. The van der Waals surface area contributed by atoms with E-state index in [2.05, 4.69) is 20.1 Å². The van der Waals surface area contributed by atoms with Crippen molar-refractivity contribution in [3.05, 3.63) is 23.3 Å². The van der Waals surface area contributed by atoms with Gasteiger partial charge in [-0.3, -0.25) is 9.25 Å². The lowest BCUT2D eigenvalue weighted by atomic mass is 10.2. The van der Waals surface area contributed by atoms with E-state index in [1.54, 1.807) is 7.11 Å². The first-order valence-corrected chi connectivity index (χ1v) is 6.52. The predicted octanol–water partition coefficient (Wildman–Crippen LogP) is 0.816. The first-order chi connectivity index (χ1) is 10.0. The second kappa shape index (κ2) is 4.72. The van der Waals surface area contributed by atoms with Gasteiger partial charge in [0.15, 0.2) is 11.2 Å². The van der Waals surface area contributed by atoms with Crippen LogP contribution in [0, 0.1) is 13.8 Å². The molecule has 0 bridgehead atoms. The Labute approximate surface area is 121 Å². The summed E-state index contributed by atoms with van der Waals surface area (Å²) in [7, 11) is 3.47. The summed E-state index contributed by atoms with van der Waals surface area (Å²) < 4.78 is 8.90. The van der Waals surface area contributed by atoms with Gasteiger partial charge in [0.2, 0.25) is 11.8 Å². The average Bonchev–Trinajstić information content (AvgIpc) is 2.90. The summed E-state index contributed by atoms with van der Waals surface area (Å²) in [5.41, 5.74) is 10.4. The molecule has 2 N–H and O–H groups in total. The van der Waals surface area contributed by atoms with Gasteiger partial charge in [-0.15, -0.1) is 0 Å². The zero-order valence-electron chi connectivity index (χ0n) is 12.5. The van der Waals surface area contributed by atoms with Crippen LogP contribution in [0.4, 0.5) is 5.95 Å². The van der Waals surface area contributed by atoms with E-state index >= 15 is 0 Å². The Hall–Kier alpha value is -2.64. The summed E-state index contributed by atoms with van der Waals surface area (Å²) in [6.07, 6.45) is 1.45. The molecule has 3 rings (SSSR count). The van der Waals surface area contributed by atoms with Crippen molar-refractivity contribution in [1.29, 1.82) is 0 Å². The van der Waals surface area contributed by atoms with Crippen molar-refractivity contribution in [1.82, 2.24) is 29.3 Å².